The highest BCUT2D eigenvalue weighted by Gasteiger charge is 2.49. The van der Waals surface area contributed by atoms with Gasteiger partial charge in [-0.2, -0.15) is 0 Å². The average molecular weight is 524 g/mol. The van der Waals surface area contributed by atoms with Crippen LogP contribution in [0.3, 0.4) is 0 Å². The summed E-state index contributed by atoms with van der Waals surface area (Å²) in [7, 11) is 3.60. The van der Waals surface area contributed by atoms with E-state index in [9.17, 15) is 18.8 Å². The van der Waals surface area contributed by atoms with Crippen molar-refractivity contribution in [1.82, 2.24) is 25.1 Å². The van der Waals surface area contributed by atoms with E-state index in [4.69, 9.17) is 0 Å². The van der Waals surface area contributed by atoms with Crippen molar-refractivity contribution < 1.29 is 18.8 Å². The van der Waals surface area contributed by atoms with Gasteiger partial charge in [0.1, 0.15) is 18.0 Å². The van der Waals surface area contributed by atoms with Crippen molar-refractivity contribution in [2.24, 2.45) is 5.92 Å². The standard InChI is InChI=1S/C21H28N4O3.C8H10FN/c1-22-14-19(27)25-18(24(22)15-26)13-23(12-16-8-4-2-5-9-16)21(28)20(25)17-10-6-3-7-11-17;1-10-6-7-2-4-8(9)5-3-7/h3,6-7,10-11,15-16,18,20H,2,4-5,8-9,12-14H2,1H3;2-5,10H,6H2,1H3/t18?,20-;/m0./s1. The molecule has 1 aliphatic carbocycles. The topological polar surface area (TPSA) is 76.2 Å². The monoisotopic (exact) mass is 523 g/mol. The summed E-state index contributed by atoms with van der Waals surface area (Å²) in [5, 5.41) is 6.18. The second-order valence-electron chi connectivity index (χ2n) is 10.3. The lowest BCUT2D eigenvalue weighted by Gasteiger charge is -2.54. The molecular weight excluding hydrogens is 485 g/mol. The highest BCUT2D eigenvalue weighted by molar-refractivity contribution is 5.91. The van der Waals surface area contributed by atoms with Crippen LogP contribution in [0.5, 0.6) is 0 Å². The van der Waals surface area contributed by atoms with Crippen molar-refractivity contribution in [2.45, 2.75) is 50.9 Å². The van der Waals surface area contributed by atoms with E-state index in [2.05, 4.69) is 5.32 Å². The zero-order valence-electron chi connectivity index (χ0n) is 22.3. The highest BCUT2D eigenvalue weighted by Crippen LogP contribution is 2.35. The Balaban J connectivity index is 0.000000283. The number of carbonyl (C=O) groups is 3. The molecule has 1 N–H and O–H groups in total. The van der Waals surface area contributed by atoms with Crippen molar-refractivity contribution in [3.63, 3.8) is 0 Å². The SMILES string of the molecule is CN1CC(=O)N2C(CN(CC3CCCCC3)C(=O)[C@@H]2c2ccccc2)N1C=O.CNCc1ccc(F)cc1. The quantitative estimate of drug-likeness (QED) is 0.589. The Hall–Kier alpha value is -3.30. The maximum absolute atomic E-state index is 13.5. The molecule has 2 atom stereocenters. The predicted octanol–water partition coefficient (Wildman–Crippen LogP) is 3.17. The summed E-state index contributed by atoms with van der Waals surface area (Å²) in [6.45, 7) is 1.96. The van der Waals surface area contributed by atoms with E-state index < -0.39 is 12.2 Å². The van der Waals surface area contributed by atoms with E-state index in [1.165, 1.54) is 31.4 Å². The largest absolute Gasteiger partial charge is 0.336 e. The highest BCUT2D eigenvalue weighted by atomic mass is 19.1. The summed E-state index contributed by atoms with van der Waals surface area (Å²) in [6, 6.07) is 15.2. The number of likely N-dealkylation sites (N-methyl/N-ethyl adjacent to an activating group) is 1. The van der Waals surface area contributed by atoms with Crippen molar-refractivity contribution >= 4 is 18.2 Å². The molecule has 2 aliphatic heterocycles. The Morgan fingerprint density at radius 2 is 1.68 bits per heavy atom. The van der Waals surface area contributed by atoms with Crippen molar-refractivity contribution in [2.75, 3.05) is 33.7 Å². The Kier molecular flexibility index (Phi) is 9.47. The molecule has 8 nitrogen and oxygen atoms in total. The normalized spacial score (nSPS) is 22.6. The molecule has 1 saturated carbocycles. The van der Waals surface area contributed by atoms with Crippen molar-refractivity contribution in [3.8, 4) is 0 Å². The predicted molar refractivity (Wildman–Crippen MR) is 143 cm³/mol. The minimum Gasteiger partial charge on any atom is -0.336 e. The number of nitrogens with one attached hydrogen (secondary N) is 1. The van der Waals surface area contributed by atoms with Crippen molar-refractivity contribution in [3.05, 3.63) is 71.5 Å². The van der Waals surface area contributed by atoms with Gasteiger partial charge >= 0.3 is 0 Å². The van der Waals surface area contributed by atoms with Crippen LogP contribution in [0.15, 0.2) is 54.6 Å². The summed E-state index contributed by atoms with van der Waals surface area (Å²) < 4.78 is 12.3. The van der Waals surface area contributed by atoms with E-state index in [0.717, 1.165) is 36.9 Å². The van der Waals surface area contributed by atoms with Gasteiger partial charge in [-0.05, 0) is 49.1 Å². The number of hydrogen-bond acceptors (Lipinski definition) is 5. The number of piperazine rings is 1. The number of benzene rings is 2. The Morgan fingerprint density at radius 1 is 1.00 bits per heavy atom. The fourth-order valence-corrected chi connectivity index (χ4v) is 5.69. The molecule has 3 fully saturated rings. The first kappa shape index (κ1) is 27.7. The van der Waals surface area contributed by atoms with Crippen LogP contribution in [0.2, 0.25) is 0 Å². The number of amides is 3. The molecule has 3 amide bonds. The second kappa shape index (κ2) is 13.0. The number of halogens is 1. The lowest BCUT2D eigenvalue weighted by Crippen LogP contribution is -2.71. The molecule has 2 saturated heterocycles. The molecule has 2 aromatic carbocycles. The molecule has 9 heteroatoms. The van der Waals surface area contributed by atoms with Gasteiger partial charge in [-0.15, -0.1) is 0 Å². The van der Waals surface area contributed by atoms with Gasteiger partial charge < -0.3 is 15.1 Å². The molecule has 0 spiro atoms. The van der Waals surface area contributed by atoms with E-state index in [0.29, 0.717) is 19.0 Å². The zero-order chi connectivity index (χ0) is 27.1. The number of rotatable bonds is 6. The van der Waals surface area contributed by atoms with E-state index in [-0.39, 0.29) is 24.2 Å². The lowest BCUT2D eigenvalue weighted by atomic mass is 9.88. The molecule has 0 bridgehead atoms. The van der Waals surface area contributed by atoms with Crippen LogP contribution in [0, 0.1) is 11.7 Å². The van der Waals surface area contributed by atoms with Gasteiger partial charge in [0.05, 0.1) is 13.1 Å². The molecule has 2 aromatic rings. The van der Waals surface area contributed by atoms with Gasteiger partial charge in [-0.3, -0.25) is 19.4 Å². The van der Waals surface area contributed by atoms with E-state index in [1.807, 2.05) is 42.3 Å². The smallest absolute Gasteiger partial charge is 0.250 e. The number of hydrazine groups is 1. The van der Waals surface area contributed by atoms with E-state index >= 15 is 0 Å². The lowest BCUT2D eigenvalue weighted by molar-refractivity contribution is -0.197. The molecule has 0 radical (unpaired) electrons. The van der Waals surface area contributed by atoms with Gasteiger partial charge in [0, 0.05) is 20.1 Å². The molecule has 204 valence electrons. The number of carbonyl (C=O) groups excluding carboxylic acids is 3. The summed E-state index contributed by atoms with van der Waals surface area (Å²) in [5.41, 5.74) is 1.90. The summed E-state index contributed by atoms with van der Waals surface area (Å²) in [6.07, 6.45) is 6.29. The van der Waals surface area contributed by atoms with Gasteiger partial charge in [-0.25, -0.2) is 9.40 Å². The first-order chi connectivity index (χ1) is 18.4. The Labute approximate surface area is 224 Å². The van der Waals surface area contributed by atoms with E-state index in [1.54, 1.807) is 34.1 Å². The maximum atomic E-state index is 13.5. The summed E-state index contributed by atoms with van der Waals surface area (Å²) in [4.78, 5) is 41.7. The van der Waals surface area contributed by atoms with Crippen LogP contribution in [-0.4, -0.2) is 77.9 Å². The Bertz CT molecular complexity index is 1080. The fraction of sp³-hybridized carbons (Fsp3) is 0.483. The molecule has 0 aromatic heterocycles. The fourth-order valence-electron chi connectivity index (χ4n) is 5.69. The second-order valence-corrected chi connectivity index (χ2v) is 10.3. The van der Waals surface area contributed by atoms with Gasteiger partial charge in [0.2, 0.25) is 18.2 Å². The van der Waals surface area contributed by atoms with Crippen LogP contribution in [-0.2, 0) is 20.9 Å². The summed E-state index contributed by atoms with van der Waals surface area (Å²) in [5.74, 6) is 0.170. The molecule has 38 heavy (non-hydrogen) atoms. The van der Waals surface area contributed by atoms with Crippen molar-refractivity contribution in [1.29, 1.82) is 0 Å². The third-order valence-electron chi connectivity index (χ3n) is 7.60. The molecule has 2 heterocycles. The third-order valence-corrected chi connectivity index (χ3v) is 7.60. The summed E-state index contributed by atoms with van der Waals surface area (Å²) >= 11 is 0. The van der Waals surface area contributed by atoms with Gasteiger partial charge in [0.15, 0.2) is 0 Å². The van der Waals surface area contributed by atoms with Crippen LogP contribution >= 0.6 is 0 Å². The average Bonchev–Trinajstić information content (AvgIpc) is 2.93. The number of fused-ring (bicyclic) bond motifs is 1. The van der Waals surface area contributed by atoms with Crippen LogP contribution in [0.25, 0.3) is 0 Å². The molecule has 3 aliphatic rings. The van der Waals surface area contributed by atoms with Gasteiger partial charge in [-0.1, -0.05) is 61.7 Å². The minimum atomic E-state index is -0.674. The van der Waals surface area contributed by atoms with Crippen LogP contribution < -0.4 is 5.32 Å². The number of hydrogen-bond donors (Lipinski definition) is 1. The van der Waals surface area contributed by atoms with Crippen LogP contribution in [0.1, 0.15) is 49.3 Å². The number of nitrogens with zero attached hydrogens (tertiary/aromatic N) is 4. The molecule has 5 rings (SSSR count). The third kappa shape index (κ3) is 6.39. The van der Waals surface area contributed by atoms with Crippen LogP contribution in [0.4, 0.5) is 4.39 Å². The maximum Gasteiger partial charge on any atom is 0.250 e. The Morgan fingerprint density at radius 3 is 2.32 bits per heavy atom. The zero-order valence-corrected chi connectivity index (χ0v) is 22.3. The first-order valence-corrected chi connectivity index (χ1v) is 13.4. The minimum absolute atomic E-state index is 0.0308. The first-order valence-electron chi connectivity index (χ1n) is 13.4. The molecule has 1 unspecified atom stereocenters. The molecular formula is C29H38FN5O3. The van der Waals surface area contributed by atoms with Gasteiger partial charge in [0.25, 0.3) is 0 Å².